The number of carboxylic acid groups (broad SMARTS) is 2. The van der Waals surface area contributed by atoms with Crippen LogP contribution < -0.4 is 21.7 Å². The van der Waals surface area contributed by atoms with E-state index >= 15 is 0 Å². The van der Waals surface area contributed by atoms with E-state index in [-0.39, 0.29) is 33.1 Å². The molecule has 0 heterocycles. The molecule has 164 valence electrons. The molecule has 0 spiro atoms. The molecule has 1 aliphatic carbocycles. The minimum absolute atomic E-state index is 0. The van der Waals surface area contributed by atoms with Gasteiger partial charge in [0.25, 0.3) is 0 Å². The molecule has 8 N–H and O–H groups in total. The molecular formula is C12H26N2O10P2Pt. The zero-order valence-electron chi connectivity index (χ0n) is 14.4. The predicted molar refractivity (Wildman–Crippen MR) is 87.5 cm³/mol. The molecule has 15 heteroatoms. The van der Waals surface area contributed by atoms with Crippen molar-refractivity contribution >= 4 is 27.1 Å². The summed E-state index contributed by atoms with van der Waals surface area (Å²) in [5.41, 5.74) is 11.6. The van der Waals surface area contributed by atoms with E-state index in [0.717, 1.165) is 12.8 Å². The van der Waals surface area contributed by atoms with Crippen LogP contribution in [0.1, 0.15) is 38.5 Å². The van der Waals surface area contributed by atoms with Crippen LogP contribution in [-0.2, 0) is 39.8 Å². The molecule has 0 amide bonds. The van der Waals surface area contributed by atoms with Crippen molar-refractivity contribution in [1.82, 2.24) is 0 Å². The van der Waals surface area contributed by atoms with Gasteiger partial charge in [-0.05, 0) is 12.8 Å². The molecular weight excluding hydrogens is 589 g/mol. The van der Waals surface area contributed by atoms with Crippen LogP contribution in [0.25, 0.3) is 0 Å². The first-order chi connectivity index (χ1) is 11.6. The second kappa shape index (κ2) is 15.7. The summed E-state index contributed by atoms with van der Waals surface area (Å²) in [4.78, 5) is 50.3. The number of nitrogens with two attached hydrogens (primary N) is 2. The number of rotatable bonds is 4. The van der Waals surface area contributed by atoms with E-state index in [1.165, 1.54) is 25.7 Å². The van der Waals surface area contributed by atoms with Crippen LogP contribution in [0.5, 0.6) is 0 Å². The zero-order chi connectivity index (χ0) is 21.0. The van der Waals surface area contributed by atoms with Crippen molar-refractivity contribution in [3.8, 4) is 0 Å². The smallest absolute Gasteiger partial charge is 0.549 e. The fraction of sp³-hybridized carbons (Fsp3) is 0.833. The van der Waals surface area contributed by atoms with E-state index in [1.54, 1.807) is 0 Å². The van der Waals surface area contributed by atoms with E-state index < -0.39 is 39.5 Å². The summed E-state index contributed by atoms with van der Waals surface area (Å²) in [6.45, 7) is 0. The molecule has 12 nitrogen and oxygen atoms in total. The molecule has 0 unspecified atom stereocenters. The molecule has 0 aliphatic heterocycles. The molecule has 0 aromatic rings. The quantitative estimate of drug-likeness (QED) is 0.171. The minimum Gasteiger partial charge on any atom is -0.549 e. The number of aliphatic carboxylic acids is 2. The SMILES string of the molecule is N[C@@H]1CCCCCC[C@H]1N.O=C([O-])CP(=O)(O)O.O=C([O-])CP(=O)(O)O.[Pt+2]. The maximum atomic E-state index is 9.72. The normalized spacial score (nSPS) is 20.2. The number of carbonyl (C=O) groups is 2. The molecule has 0 saturated heterocycles. The first-order valence-electron chi connectivity index (χ1n) is 7.64. The van der Waals surface area contributed by atoms with E-state index in [0.29, 0.717) is 0 Å². The molecule has 0 bridgehead atoms. The van der Waals surface area contributed by atoms with Gasteiger partial charge in [0.15, 0.2) is 0 Å². The minimum atomic E-state index is -4.38. The molecule has 1 fully saturated rings. The van der Waals surface area contributed by atoms with Crippen molar-refractivity contribution in [2.75, 3.05) is 12.3 Å². The summed E-state index contributed by atoms with van der Waals surface area (Å²) < 4.78 is 19.4. The van der Waals surface area contributed by atoms with Crippen molar-refractivity contribution in [1.29, 1.82) is 0 Å². The average molecular weight is 615 g/mol. The molecule has 0 aromatic carbocycles. The Labute approximate surface area is 171 Å². The van der Waals surface area contributed by atoms with Crippen molar-refractivity contribution in [2.24, 2.45) is 11.5 Å². The third-order valence-corrected chi connectivity index (χ3v) is 4.39. The number of hydrogen-bond acceptors (Lipinski definition) is 8. The Morgan fingerprint density at radius 2 is 1.04 bits per heavy atom. The second-order valence-electron chi connectivity index (χ2n) is 5.71. The summed E-state index contributed by atoms with van der Waals surface area (Å²) in [6, 6.07) is 0.528. The number of carboxylic acids is 2. The van der Waals surface area contributed by atoms with E-state index in [9.17, 15) is 28.9 Å². The van der Waals surface area contributed by atoms with Crippen molar-refractivity contribution in [3.05, 3.63) is 0 Å². The van der Waals surface area contributed by atoms with Crippen LogP contribution in [-0.4, -0.2) is 55.9 Å². The fourth-order valence-corrected chi connectivity index (χ4v) is 2.55. The van der Waals surface area contributed by atoms with Crippen molar-refractivity contribution < 1.29 is 69.6 Å². The van der Waals surface area contributed by atoms with Crippen molar-refractivity contribution in [2.45, 2.75) is 50.6 Å². The molecule has 0 radical (unpaired) electrons. The molecule has 2 atom stereocenters. The number of hydrogen-bond donors (Lipinski definition) is 6. The van der Waals surface area contributed by atoms with Crippen LogP contribution in [0.2, 0.25) is 0 Å². The van der Waals surface area contributed by atoms with Gasteiger partial charge >= 0.3 is 36.3 Å². The Kier molecular flexibility index (Phi) is 18.4. The van der Waals surface area contributed by atoms with Gasteiger partial charge in [0.05, 0.1) is 24.3 Å². The van der Waals surface area contributed by atoms with E-state index in [1.807, 2.05) is 0 Å². The van der Waals surface area contributed by atoms with Gasteiger partial charge in [0.1, 0.15) is 0 Å². The topological polar surface area (TPSA) is 247 Å². The third kappa shape index (κ3) is 28.2. The van der Waals surface area contributed by atoms with Gasteiger partial charge < -0.3 is 50.8 Å². The summed E-state index contributed by atoms with van der Waals surface area (Å²) in [7, 11) is -8.77. The molecule has 1 aliphatic rings. The zero-order valence-corrected chi connectivity index (χ0v) is 18.5. The Hall–Kier alpha value is -0.152. The van der Waals surface area contributed by atoms with Gasteiger partial charge in [-0.15, -0.1) is 0 Å². The van der Waals surface area contributed by atoms with Crippen LogP contribution >= 0.6 is 15.2 Å². The Balaban J connectivity index is -0.000000318. The van der Waals surface area contributed by atoms with Gasteiger partial charge in [-0.1, -0.05) is 25.7 Å². The molecule has 1 rings (SSSR count). The molecule has 0 aromatic heterocycles. The second-order valence-corrected chi connectivity index (χ2v) is 9.00. The largest absolute Gasteiger partial charge is 2.00 e. The first-order valence-corrected chi connectivity index (χ1v) is 11.2. The summed E-state index contributed by atoms with van der Waals surface area (Å²) in [5.74, 6) is -3.48. The van der Waals surface area contributed by atoms with Gasteiger partial charge in [-0.2, -0.15) is 0 Å². The van der Waals surface area contributed by atoms with Crippen LogP contribution in [0.3, 0.4) is 0 Å². The van der Waals surface area contributed by atoms with Gasteiger partial charge in [0, 0.05) is 12.1 Å². The summed E-state index contributed by atoms with van der Waals surface area (Å²) in [5, 5.41) is 18.8. The Morgan fingerprint density at radius 1 is 0.778 bits per heavy atom. The van der Waals surface area contributed by atoms with Gasteiger partial charge in [-0.3, -0.25) is 9.13 Å². The van der Waals surface area contributed by atoms with Crippen LogP contribution in [0, 0.1) is 0 Å². The monoisotopic (exact) mass is 615 g/mol. The van der Waals surface area contributed by atoms with Crippen LogP contribution in [0.15, 0.2) is 0 Å². The summed E-state index contributed by atoms with van der Waals surface area (Å²) >= 11 is 0. The van der Waals surface area contributed by atoms with Gasteiger partial charge in [0.2, 0.25) is 0 Å². The average Bonchev–Trinajstić information content (AvgIpc) is 2.35. The Bertz CT molecular complexity index is 478. The summed E-state index contributed by atoms with van der Waals surface area (Å²) in [6.07, 6.45) is 5.09. The van der Waals surface area contributed by atoms with E-state index in [2.05, 4.69) is 0 Å². The third-order valence-electron chi connectivity index (χ3n) is 3.04. The standard InChI is InChI=1S/C8H18N2.2C2H5O5P.Pt/c9-7-5-3-1-2-4-6-8(7)10;2*3-2(4)1-8(5,6)7;/h7-8H,1-6,9-10H2;2*1H2,(H,3,4)(H2,5,6,7);/q;;;+2/p-2/t7-,8-;;;/m1.../s1. The van der Waals surface area contributed by atoms with Crippen LogP contribution in [0.4, 0.5) is 0 Å². The molecule has 1 saturated carbocycles. The van der Waals surface area contributed by atoms with E-state index in [4.69, 9.17) is 31.0 Å². The fourth-order valence-electron chi connectivity index (χ4n) is 1.88. The maximum Gasteiger partial charge on any atom is 2.00 e. The number of carbonyl (C=O) groups excluding carboxylic acids is 2. The molecule has 27 heavy (non-hydrogen) atoms. The first kappa shape index (κ1) is 31.5. The Morgan fingerprint density at radius 3 is 1.19 bits per heavy atom. The predicted octanol–water partition coefficient (Wildman–Crippen LogP) is -3.18. The maximum absolute atomic E-state index is 9.72. The van der Waals surface area contributed by atoms with Gasteiger partial charge in [-0.25, -0.2) is 0 Å². The van der Waals surface area contributed by atoms with Crippen molar-refractivity contribution in [3.63, 3.8) is 0 Å².